The van der Waals surface area contributed by atoms with E-state index in [4.69, 9.17) is 36.6 Å². The molecule has 0 aliphatic carbocycles. The molecular weight excluding hydrogens is 718 g/mol. The molecule has 0 N–H and O–H groups in total. The number of hydrogen-bond donors (Lipinski definition) is 0. The third kappa shape index (κ3) is 8.01. The Morgan fingerprint density at radius 2 is 0.963 bits per heavy atom. The minimum atomic E-state index is -2.05. The molecule has 0 radical (unpaired) electrons. The lowest BCUT2D eigenvalue weighted by molar-refractivity contribution is 0.372. The fourth-order valence-electron chi connectivity index (χ4n) is 6.13. The molecule has 0 atom stereocenters. The third-order valence-electron chi connectivity index (χ3n) is 8.85. The molecule has 7 rings (SSSR count). The van der Waals surface area contributed by atoms with Crippen molar-refractivity contribution < 1.29 is 36.6 Å². The summed E-state index contributed by atoms with van der Waals surface area (Å²) in [4.78, 5) is 0. The average Bonchev–Trinajstić information content (AvgIpc) is 3.15. The summed E-state index contributed by atoms with van der Waals surface area (Å²) < 4.78 is 51.7. The van der Waals surface area contributed by atoms with Crippen LogP contribution < -0.4 is 36.6 Å². The number of benzene rings is 6. The fourth-order valence-corrected chi connectivity index (χ4v) is 8.26. The van der Waals surface area contributed by atoms with E-state index in [9.17, 15) is 0 Å². The quantitative estimate of drug-likeness (QED) is 0.121. The Bertz CT molecular complexity index is 2170. The molecule has 6 aromatic carbocycles. The molecular formula is C44H44O8P2. The van der Waals surface area contributed by atoms with Gasteiger partial charge in [-0.15, -0.1) is 0 Å². The molecule has 0 saturated heterocycles. The van der Waals surface area contributed by atoms with E-state index in [1.165, 1.54) is 0 Å². The van der Waals surface area contributed by atoms with Crippen LogP contribution >= 0.6 is 17.2 Å². The predicted molar refractivity (Wildman–Crippen MR) is 217 cm³/mol. The first kappa shape index (κ1) is 37.2. The van der Waals surface area contributed by atoms with E-state index in [0.717, 1.165) is 21.9 Å². The highest BCUT2D eigenvalue weighted by Gasteiger charge is 2.35. The molecule has 1 aliphatic rings. The normalized spacial score (nSPS) is 12.8. The zero-order valence-electron chi connectivity index (χ0n) is 31.7. The van der Waals surface area contributed by atoms with E-state index < -0.39 is 28.0 Å². The minimum Gasteiger partial charge on any atom is -0.497 e. The molecule has 0 spiro atoms. The van der Waals surface area contributed by atoms with Crippen LogP contribution in [0.5, 0.6) is 46.0 Å². The molecule has 0 saturated carbocycles. The van der Waals surface area contributed by atoms with Crippen LogP contribution in [0, 0.1) is 0 Å². The largest absolute Gasteiger partial charge is 0.530 e. The van der Waals surface area contributed by atoms with Crippen LogP contribution in [0.3, 0.4) is 0 Å². The van der Waals surface area contributed by atoms with Crippen molar-refractivity contribution in [2.24, 2.45) is 0 Å². The topological polar surface area (TPSA) is 73.8 Å². The van der Waals surface area contributed by atoms with Gasteiger partial charge in [0.25, 0.3) is 0 Å². The number of ether oxygens (including phenoxy) is 2. The number of rotatable bonds is 11. The molecule has 1 aliphatic heterocycles. The van der Waals surface area contributed by atoms with Crippen molar-refractivity contribution in [1.82, 2.24) is 0 Å². The molecule has 10 heteroatoms. The maximum absolute atomic E-state index is 7.01. The molecule has 0 aromatic heterocycles. The second-order valence-electron chi connectivity index (χ2n) is 14.8. The summed E-state index contributed by atoms with van der Waals surface area (Å²) >= 11 is 0. The van der Waals surface area contributed by atoms with Crippen LogP contribution in [-0.4, -0.2) is 14.2 Å². The Hall–Kier alpha value is -5.16. The first-order valence-corrected chi connectivity index (χ1v) is 19.9. The lowest BCUT2D eigenvalue weighted by Crippen LogP contribution is -2.17. The summed E-state index contributed by atoms with van der Waals surface area (Å²) in [7, 11) is -0.669. The summed E-state index contributed by atoms with van der Waals surface area (Å²) in [5.41, 5.74) is 2.34. The van der Waals surface area contributed by atoms with Gasteiger partial charge in [-0.1, -0.05) is 102 Å². The van der Waals surface area contributed by atoms with Gasteiger partial charge >= 0.3 is 17.2 Å². The highest BCUT2D eigenvalue weighted by Crippen LogP contribution is 2.57. The molecule has 8 nitrogen and oxygen atoms in total. The van der Waals surface area contributed by atoms with Gasteiger partial charge in [-0.3, -0.25) is 0 Å². The van der Waals surface area contributed by atoms with E-state index in [-0.39, 0.29) is 0 Å². The van der Waals surface area contributed by atoms with Gasteiger partial charge in [-0.2, -0.15) is 0 Å². The van der Waals surface area contributed by atoms with Gasteiger partial charge in [-0.05, 0) is 76.9 Å². The number of para-hydroxylation sites is 2. The maximum Gasteiger partial charge on any atom is 0.530 e. The Morgan fingerprint density at radius 3 is 1.43 bits per heavy atom. The van der Waals surface area contributed by atoms with Crippen molar-refractivity contribution >= 4 is 28.0 Å². The predicted octanol–water partition coefficient (Wildman–Crippen LogP) is 13.0. The van der Waals surface area contributed by atoms with Gasteiger partial charge in [-0.25, -0.2) is 0 Å². The monoisotopic (exact) mass is 762 g/mol. The second kappa shape index (κ2) is 15.3. The number of hydrogen-bond acceptors (Lipinski definition) is 8. The minimum absolute atomic E-state index is 0.395. The van der Waals surface area contributed by atoms with Gasteiger partial charge in [0, 0.05) is 22.3 Å². The van der Waals surface area contributed by atoms with Crippen LogP contribution in [0.2, 0.25) is 0 Å². The third-order valence-corrected chi connectivity index (χ3v) is 10.9. The average molecular weight is 763 g/mol. The maximum atomic E-state index is 7.01. The Morgan fingerprint density at radius 1 is 0.500 bits per heavy atom. The summed E-state index contributed by atoms with van der Waals surface area (Å²) in [6.07, 6.45) is 0. The van der Waals surface area contributed by atoms with Gasteiger partial charge < -0.3 is 36.6 Å². The van der Waals surface area contributed by atoms with Crippen molar-refractivity contribution in [3.05, 3.63) is 132 Å². The lowest BCUT2D eigenvalue weighted by Gasteiger charge is -2.31. The van der Waals surface area contributed by atoms with Crippen LogP contribution in [0.1, 0.15) is 52.7 Å². The SMILES string of the molecule is COc1cc(-c2cc(OC)cc(C(C)(C)C)c2OP2Oc3cccc4cccc(c34)O2)c(OP(Oc2ccccc2)Oc2ccccc2)c(C(C)(C)C)c1. The van der Waals surface area contributed by atoms with E-state index >= 15 is 0 Å². The van der Waals surface area contributed by atoms with Crippen molar-refractivity contribution in [2.45, 2.75) is 52.4 Å². The van der Waals surface area contributed by atoms with Crippen LogP contribution in [0.15, 0.2) is 121 Å². The molecule has 278 valence electrons. The summed E-state index contributed by atoms with van der Waals surface area (Å²) in [6, 6.07) is 38.8. The zero-order chi connectivity index (χ0) is 38.0. The zero-order valence-corrected chi connectivity index (χ0v) is 33.5. The van der Waals surface area contributed by atoms with Gasteiger partial charge in [0.2, 0.25) is 0 Å². The second-order valence-corrected chi connectivity index (χ2v) is 16.8. The molecule has 0 fully saturated rings. The first-order valence-electron chi connectivity index (χ1n) is 17.7. The van der Waals surface area contributed by atoms with E-state index in [0.29, 0.717) is 57.1 Å². The summed E-state index contributed by atoms with van der Waals surface area (Å²) in [5, 5.41) is 1.94. The molecule has 0 bridgehead atoms. The molecule has 6 aromatic rings. The Labute approximate surface area is 319 Å². The first-order chi connectivity index (χ1) is 25.9. The Kier molecular flexibility index (Phi) is 10.5. The van der Waals surface area contributed by atoms with Crippen LogP contribution in [-0.2, 0) is 10.8 Å². The van der Waals surface area contributed by atoms with Gasteiger partial charge in [0.05, 0.1) is 19.6 Å². The van der Waals surface area contributed by atoms with E-state index in [1.807, 2.05) is 121 Å². The molecule has 1 heterocycles. The van der Waals surface area contributed by atoms with Crippen LogP contribution in [0.4, 0.5) is 0 Å². The van der Waals surface area contributed by atoms with Crippen molar-refractivity contribution in [3.8, 4) is 57.1 Å². The molecule has 54 heavy (non-hydrogen) atoms. The highest BCUT2D eigenvalue weighted by atomic mass is 31.2. The summed E-state index contributed by atoms with van der Waals surface area (Å²) in [5.74, 6) is 5.02. The highest BCUT2D eigenvalue weighted by molar-refractivity contribution is 7.43. The van der Waals surface area contributed by atoms with Crippen molar-refractivity contribution in [1.29, 1.82) is 0 Å². The fraction of sp³-hybridized carbons (Fsp3) is 0.227. The standard InChI is InChI=1S/C44H44O8P2/c1-43(2,3)36-27-32(45-7)25-34(41(36)51-53(47-30-19-11-9-12-20-30)48-31-21-13-10-14-22-31)35-26-33(46-8)28-37(44(4,5)6)42(35)52-54-49-38-23-15-17-29-18-16-24-39(50-54)40(29)38/h9-28H,1-8H3. The van der Waals surface area contributed by atoms with Gasteiger partial charge in [0.15, 0.2) is 0 Å². The molecule has 0 unspecified atom stereocenters. The molecule has 0 amide bonds. The van der Waals surface area contributed by atoms with E-state index in [2.05, 4.69) is 41.5 Å². The van der Waals surface area contributed by atoms with Crippen molar-refractivity contribution in [3.63, 3.8) is 0 Å². The number of methoxy groups -OCH3 is 2. The van der Waals surface area contributed by atoms with E-state index in [1.54, 1.807) is 14.2 Å². The van der Waals surface area contributed by atoms with Gasteiger partial charge in [0.1, 0.15) is 46.0 Å². The lowest BCUT2D eigenvalue weighted by atomic mass is 9.81. The summed E-state index contributed by atoms with van der Waals surface area (Å²) in [6.45, 7) is 12.8. The Balaban J connectivity index is 1.42. The van der Waals surface area contributed by atoms with Crippen LogP contribution in [0.25, 0.3) is 21.9 Å². The van der Waals surface area contributed by atoms with Crippen molar-refractivity contribution in [2.75, 3.05) is 14.2 Å². The smallest absolute Gasteiger partial charge is 0.497 e.